The van der Waals surface area contributed by atoms with Gasteiger partial charge in [0.25, 0.3) is 5.91 Å². The molecule has 3 rings (SSSR count). The highest BCUT2D eigenvalue weighted by Gasteiger charge is 2.43. The number of aliphatic carboxylic acids is 1. The van der Waals surface area contributed by atoms with Crippen molar-refractivity contribution in [2.24, 2.45) is 5.41 Å². The van der Waals surface area contributed by atoms with Gasteiger partial charge in [-0.1, -0.05) is 32.0 Å². The van der Waals surface area contributed by atoms with Crippen molar-refractivity contribution in [1.82, 2.24) is 19.7 Å². The van der Waals surface area contributed by atoms with Crippen molar-refractivity contribution in [2.45, 2.75) is 40.0 Å². The van der Waals surface area contributed by atoms with Crippen molar-refractivity contribution in [2.75, 3.05) is 13.1 Å². The number of hydrogen-bond acceptors (Lipinski definition) is 4. The lowest BCUT2D eigenvalue weighted by Crippen LogP contribution is -2.35. The fourth-order valence-corrected chi connectivity index (χ4v) is 3.33. The molecule has 0 aliphatic carbocycles. The number of nitrogens with zero attached hydrogens (tertiary/aromatic N) is 4. The molecule has 7 heteroatoms. The summed E-state index contributed by atoms with van der Waals surface area (Å²) in [6.07, 6.45) is 0.434. The molecule has 1 aliphatic rings. The summed E-state index contributed by atoms with van der Waals surface area (Å²) in [6.45, 7) is 8.27. The summed E-state index contributed by atoms with van der Waals surface area (Å²) >= 11 is 0. The molecule has 0 spiro atoms. The minimum atomic E-state index is -0.905. The van der Waals surface area contributed by atoms with Crippen LogP contribution in [0.3, 0.4) is 0 Å². The highest BCUT2D eigenvalue weighted by molar-refractivity contribution is 5.91. The van der Waals surface area contributed by atoms with Crippen molar-refractivity contribution in [3.8, 4) is 5.69 Å². The molecule has 1 aromatic heterocycles. The first-order valence-electron chi connectivity index (χ1n) is 8.78. The lowest BCUT2D eigenvalue weighted by Gasteiger charge is -2.19. The number of aryl methyl sites for hydroxylation is 1. The van der Waals surface area contributed by atoms with Gasteiger partial charge in [0.1, 0.15) is 5.82 Å². The molecule has 1 atom stereocenters. The molecule has 1 aromatic carbocycles. The number of para-hydroxylation sites is 1. The van der Waals surface area contributed by atoms with Gasteiger partial charge in [-0.3, -0.25) is 9.59 Å². The van der Waals surface area contributed by atoms with E-state index in [-0.39, 0.29) is 18.3 Å². The Morgan fingerprint density at radius 1 is 1.27 bits per heavy atom. The first-order valence-corrected chi connectivity index (χ1v) is 8.78. The largest absolute Gasteiger partial charge is 0.481 e. The Morgan fingerprint density at radius 2 is 1.96 bits per heavy atom. The van der Waals surface area contributed by atoms with Crippen LogP contribution in [0.4, 0.5) is 0 Å². The van der Waals surface area contributed by atoms with Gasteiger partial charge in [-0.2, -0.15) is 0 Å². The maximum absolute atomic E-state index is 12.8. The molecule has 1 N–H and O–H groups in total. The standard InChI is InChI=1S/C19H24N4O3/c1-12(2)14-7-5-6-8-15(14)23-13(3)20-16(21-23)17(24)22-10-9-19(4,11-22)18(25)26/h5-8,12H,9-11H2,1-4H3,(H,25,26). The quantitative estimate of drug-likeness (QED) is 0.910. The van der Waals surface area contributed by atoms with E-state index >= 15 is 0 Å². The highest BCUT2D eigenvalue weighted by Crippen LogP contribution is 2.31. The maximum atomic E-state index is 12.8. The van der Waals surface area contributed by atoms with Crippen LogP contribution in [0.2, 0.25) is 0 Å². The summed E-state index contributed by atoms with van der Waals surface area (Å²) < 4.78 is 1.69. The molecule has 1 aliphatic heterocycles. The average molecular weight is 356 g/mol. The van der Waals surface area contributed by atoms with E-state index in [1.807, 2.05) is 31.2 Å². The molecule has 0 radical (unpaired) electrons. The van der Waals surface area contributed by atoms with Crippen molar-refractivity contribution in [1.29, 1.82) is 0 Å². The lowest BCUT2D eigenvalue weighted by molar-refractivity contribution is -0.147. The van der Waals surface area contributed by atoms with E-state index in [9.17, 15) is 14.7 Å². The average Bonchev–Trinajstić information content (AvgIpc) is 3.18. The van der Waals surface area contributed by atoms with Crippen molar-refractivity contribution < 1.29 is 14.7 Å². The first kappa shape index (κ1) is 18.1. The molecule has 2 heterocycles. The predicted molar refractivity (Wildman–Crippen MR) is 96.4 cm³/mol. The van der Waals surface area contributed by atoms with Gasteiger partial charge in [0.2, 0.25) is 5.82 Å². The van der Waals surface area contributed by atoms with Crippen LogP contribution in [-0.4, -0.2) is 49.7 Å². The third-order valence-corrected chi connectivity index (χ3v) is 5.02. The minimum absolute atomic E-state index is 0.107. The number of amides is 1. The number of hydrogen-bond donors (Lipinski definition) is 1. The summed E-state index contributed by atoms with van der Waals surface area (Å²) in [5.74, 6) is -0.159. The highest BCUT2D eigenvalue weighted by atomic mass is 16.4. The smallest absolute Gasteiger partial charge is 0.311 e. The Morgan fingerprint density at radius 3 is 2.58 bits per heavy atom. The molecule has 7 nitrogen and oxygen atoms in total. The van der Waals surface area contributed by atoms with Crippen LogP contribution in [0, 0.1) is 12.3 Å². The van der Waals surface area contributed by atoms with Gasteiger partial charge in [0.15, 0.2) is 0 Å². The van der Waals surface area contributed by atoms with Crippen molar-refractivity contribution >= 4 is 11.9 Å². The van der Waals surface area contributed by atoms with Crippen LogP contribution in [-0.2, 0) is 4.79 Å². The summed E-state index contributed by atoms with van der Waals surface area (Å²) in [4.78, 5) is 30.0. The van der Waals surface area contributed by atoms with Crippen molar-refractivity contribution in [3.05, 3.63) is 41.5 Å². The normalized spacial score (nSPS) is 20.0. The third-order valence-electron chi connectivity index (χ3n) is 5.02. The number of benzene rings is 1. The molecule has 1 amide bonds. The van der Waals surface area contributed by atoms with E-state index in [0.29, 0.717) is 24.7 Å². The summed E-state index contributed by atoms with van der Waals surface area (Å²) in [5, 5.41) is 13.8. The Balaban J connectivity index is 1.90. The van der Waals surface area contributed by atoms with Crippen LogP contribution in [0.15, 0.2) is 24.3 Å². The topological polar surface area (TPSA) is 88.3 Å². The first-order chi connectivity index (χ1) is 12.2. The Kier molecular flexibility index (Phi) is 4.56. The summed E-state index contributed by atoms with van der Waals surface area (Å²) in [6, 6.07) is 7.92. The minimum Gasteiger partial charge on any atom is -0.481 e. The molecular weight excluding hydrogens is 332 g/mol. The van der Waals surface area contributed by atoms with E-state index in [4.69, 9.17) is 0 Å². The number of carbonyl (C=O) groups is 2. The van der Waals surface area contributed by atoms with Crippen LogP contribution in [0.5, 0.6) is 0 Å². The van der Waals surface area contributed by atoms with E-state index < -0.39 is 11.4 Å². The number of aromatic nitrogens is 3. The second-order valence-corrected chi connectivity index (χ2v) is 7.45. The molecule has 1 saturated heterocycles. The number of carboxylic acid groups (broad SMARTS) is 1. The molecule has 1 fully saturated rings. The van der Waals surface area contributed by atoms with Crippen molar-refractivity contribution in [3.63, 3.8) is 0 Å². The Bertz CT molecular complexity index is 858. The molecular formula is C19H24N4O3. The molecule has 0 bridgehead atoms. The van der Waals surface area contributed by atoms with Gasteiger partial charge in [0, 0.05) is 13.1 Å². The van der Waals surface area contributed by atoms with Gasteiger partial charge in [-0.15, -0.1) is 5.10 Å². The second kappa shape index (κ2) is 6.55. The van der Waals surface area contributed by atoms with Crippen LogP contribution < -0.4 is 0 Å². The van der Waals surface area contributed by atoms with Gasteiger partial charge >= 0.3 is 5.97 Å². The Hall–Kier alpha value is -2.70. The Labute approximate surface area is 152 Å². The molecule has 0 saturated carbocycles. The molecule has 138 valence electrons. The van der Waals surface area contributed by atoms with Crippen LogP contribution in [0.25, 0.3) is 5.69 Å². The second-order valence-electron chi connectivity index (χ2n) is 7.45. The monoisotopic (exact) mass is 356 g/mol. The molecule has 1 unspecified atom stereocenters. The van der Waals surface area contributed by atoms with Gasteiger partial charge < -0.3 is 10.0 Å². The molecule has 26 heavy (non-hydrogen) atoms. The fourth-order valence-electron chi connectivity index (χ4n) is 3.33. The predicted octanol–water partition coefficient (Wildman–Crippen LogP) is 2.64. The fraction of sp³-hybridized carbons (Fsp3) is 0.474. The van der Waals surface area contributed by atoms with Crippen LogP contribution >= 0.6 is 0 Å². The summed E-state index contributed by atoms with van der Waals surface area (Å²) in [5.41, 5.74) is 1.12. The van der Waals surface area contributed by atoms with E-state index in [1.165, 1.54) is 4.90 Å². The lowest BCUT2D eigenvalue weighted by atomic mass is 9.90. The van der Waals surface area contributed by atoms with Crippen LogP contribution in [0.1, 0.15) is 55.1 Å². The summed E-state index contributed by atoms with van der Waals surface area (Å²) in [7, 11) is 0. The van der Waals surface area contributed by atoms with Gasteiger partial charge in [-0.25, -0.2) is 9.67 Å². The SMILES string of the molecule is Cc1nc(C(=O)N2CCC(C)(C(=O)O)C2)nn1-c1ccccc1C(C)C. The molecule has 2 aromatic rings. The zero-order valence-corrected chi connectivity index (χ0v) is 15.6. The van der Waals surface area contributed by atoms with Gasteiger partial charge in [0.05, 0.1) is 11.1 Å². The zero-order valence-electron chi connectivity index (χ0n) is 15.6. The zero-order chi connectivity index (χ0) is 19.1. The van der Waals surface area contributed by atoms with E-state index in [2.05, 4.69) is 23.9 Å². The maximum Gasteiger partial charge on any atom is 0.311 e. The van der Waals surface area contributed by atoms with E-state index in [1.54, 1.807) is 11.6 Å². The number of rotatable bonds is 4. The van der Waals surface area contributed by atoms with Gasteiger partial charge in [-0.05, 0) is 37.8 Å². The number of carboxylic acids is 1. The number of likely N-dealkylation sites (tertiary alicyclic amines) is 1. The number of carbonyl (C=O) groups excluding carboxylic acids is 1. The van der Waals surface area contributed by atoms with E-state index in [0.717, 1.165) is 11.3 Å². The third kappa shape index (κ3) is 3.09.